The summed E-state index contributed by atoms with van der Waals surface area (Å²) in [7, 11) is 0. The van der Waals surface area contributed by atoms with Gasteiger partial charge in [0, 0.05) is 24.2 Å². The molecule has 2 atom stereocenters. The molecule has 0 radical (unpaired) electrons. The fourth-order valence-corrected chi connectivity index (χ4v) is 4.57. The standard InChI is InChI=1S/C31H33ClN2O3/c32-27-13-7-12-26(18-27)30(36)20-34(19-23-8-3-1-4-9-23)28(21-35)16-25-14-15-31(29(33)17-25)37-22-24-10-5-2-6-11-24/h1-15,17-18,28,30,35-36H,16,19-22,33H2/t28?,30-/m0/s1. The van der Waals surface area contributed by atoms with Crippen molar-refractivity contribution in [2.24, 2.45) is 0 Å². The maximum atomic E-state index is 11.0. The van der Waals surface area contributed by atoms with Crippen LogP contribution in [0.25, 0.3) is 0 Å². The molecule has 0 saturated carbocycles. The molecule has 4 aromatic carbocycles. The topological polar surface area (TPSA) is 79.0 Å². The van der Waals surface area contributed by atoms with E-state index < -0.39 is 6.10 Å². The molecule has 0 aliphatic heterocycles. The van der Waals surface area contributed by atoms with Gasteiger partial charge >= 0.3 is 0 Å². The van der Waals surface area contributed by atoms with Crippen LogP contribution in [0.1, 0.15) is 28.4 Å². The molecule has 37 heavy (non-hydrogen) atoms. The van der Waals surface area contributed by atoms with E-state index in [2.05, 4.69) is 4.90 Å². The summed E-state index contributed by atoms with van der Waals surface area (Å²) in [6.07, 6.45) is -0.190. The van der Waals surface area contributed by atoms with E-state index in [0.717, 1.165) is 22.3 Å². The fourth-order valence-electron chi connectivity index (χ4n) is 4.37. The Kier molecular flexibility index (Phi) is 9.58. The van der Waals surface area contributed by atoms with Crippen LogP contribution < -0.4 is 10.5 Å². The van der Waals surface area contributed by atoms with Crippen LogP contribution >= 0.6 is 11.6 Å². The first-order valence-corrected chi connectivity index (χ1v) is 12.8. The molecule has 4 N–H and O–H groups in total. The Hall–Kier alpha value is -3.35. The molecule has 0 aromatic heterocycles. The zero-order valence-corrected chi connectivity index (χ0v) is 21.5. The molecule has 5 nitrogen and oxygen atoms in total. The second kappa shape index (κ2) is 13.3. The number of nitrogens with two attached hydrogens (primary N) is 1. The number of rotatable bonds is 12. The summed E-state index contributed by atoms with van der Waals surface area (Å²) in [6.45, 7) is 1.29. The van der Waals surface area contributed by atoms with Gasteiger partial charge in [-0.3, -0.25) is 4.90 Å². The SMILES string of the molecule is Nc1cc(CC(CO)N(Cc2ccccc2)C[C@H](O)c2cccc(Cl)c2)ccc1OCc1ccccc1. The minimum Gasteiger partial charge on any atom is -0.487 e. The van der Waals surface area contributed by atoms with Gasteiger partial charge in [0.05, 0.1) is 18.4 Å². The van der Waals surface area contributed by atoms with E-state index in [9.17, 15) is 10.2 Å². The summed E-state index contributed by atoms with van der Waals surface area (Å²) in [6, 6.07) is 32.8. The van der Waals surface area contributed by atoms with Crippen molar-refractivity contribution in [1.29, 1.82) is 0 Å². The van der Waals surface area contributed by atoms with Crippen LogP contribution in [0, 0.1) is 0 Å². The molecule has 192 valence electrons. The molecule has 0 bridgehead atoms. The van der Waals surface area contributed by atoms with E-state index in [1.807, 2.05) is 91.0 Å². The lowest BCUT2D eigenvalue weighted by atomic mass is 10.0. The minimum atomic E-state index is -0.754. The van der Waals surface area contributed by atoms with Crippen molar-refractivity contribution < 1.29 is 14.9 Å². The highest BCUT2D eigenvalue weighted by atomic mass is 35.5. The summed E-state index contributed by atoms with van der Waals surface area (Å²) < 4.78 is 5.92. The van der Waals surface area contributed by atoms with Gasteiger partial charge in [-0.2, -0.15) is 0 Å². The number of hydrogen-bond donors (Lipinski definition) is 3. The first kappa shape index (κ1) is 26.7. The predicted molar refractivity (Wildman–Crippen MR) is 149 cm³/mol. The molecular weight excluding hydrogens is 484 g/mol. The molecule has 4 rings (SSSR count). The molecule has 4 aromatic rings. The van der Waals surface area contributed by atoms with Gasteiger partial charge in [0.15, 0.2) is 0 Å². The van der Waals surface area contributed by atoms with E-state index in [-0.39, 0.29) is 12.6 Å². The highest BCUT2D eigenvalue weighted by molar-refractivity contribution is 6.30. The van der Waals surface area contributed by atoms with Crippen LogP contribution in [0.4, 0.5) is 5.69 Å². The van der Waals surface area contributed by atoms with Gasteiger partial charge in [-0.25, -0.2) is 0 Å². The van der Waals surface area contributed by atoms with Crippen LogP contribution in [0.15, 0.2) is 103 Å². The molecule has 1 unspecified atom stereocenters. The van der Waals surface area contributed by atoms with Crippen molar-refractivity contribution in [3.63, 3.8) is 0 Å². The molecule has 0 aliphatic rings. The van der Waals surface area contributed by atoms with E-state index >= 15 is 0 Å². The zero-order chi connectivity index (χ0) is 26.0. The summed E-state index contributed by atoms with van der Waals surface area (Å²) in [4.78, 5) is 2.11. The van der Waals surface area contributed by atoms with Crippen LogP contribution in [0.3, 0.4) is 0 Å². The monoisotopic (exact) mass is 516 g/mol. The average Bonchev–Trinajstić information content (AvgIpc) is 2.92. The highest BCUT2D eigenvalue weighted by Gasteiger charge is 2.23. The number of halogens is 1. The molecule has 6 heteroatoms. The molecule has 0 aliphatic carbocycles. The number of benzene rings is 4. The number of nitrogen functional groups attached to an aromatic ring is 1. The molecule has 0 amide bonds. The van der Waals surface area contributed by atoms with Gasteiger partial charge in [-0.05, 0) is 52.9 Å². The smallest absolute Gasteiger partial charge is 0.142 e. The lowest BCUT2D eigenvalue weighted by Crippen LogP contribution is -2.41. The van der Waals surface area contributed by atoms with E-state index in [1.54, 1.807) is 12.1 Å². The van der Waals surface area contributed by atoms with Crippen molar-refractivity contribution in [1.82, 2.24) is 4.90 Å². The Morgan fingerprint density at radius 2 is 1.51 bits per heavy atom. The zero-order valence-electron chi connectivity index (χ0n) is 20.7. The quantitative estimate of drug-likeness (QED) is 0.212. The number of anilines is 1. The molecular formula is C31H33ClN2O3. The summed E-state index contributed by atoms with van der Waals surface area (Å²) >= 11 is 6.15. The number of aliphatic hydroxyl groups is 2. The van der Waals surface area contributed by atoms with E-state index in [4.69, 9.17) is 22.1 Å². The average molecular weight is 517 g/mol. The molecule has 0 spiro atoms. The molecule has 0 heterocycles. The van der Waals surface area contributed by atoms with Gasteiger partial charge in [0.2, 0.25) is 0 Å². The summed E-state index contributed by atoms with van der Waals surface area (Å²) in [5.41, 5.74) is 10.8. The third kappa shape index (κ3) is 7.81. The van der Waals surface area contributed by atoms with Crippen LogP contribution in [-0.2, 0) is 19.6 Å². The van der Waals surface area contributed by atoms with E-state index in [0.29, 0.717) is 42.6 Å². The number of hydrogen-bond acceptors (Lipinski definition) is 5. The Bertz CT molecular complexity index is 1250. The fraction of sp³-hybridized carbons (Fsp3) is 0.226. The minimum absolute atomic E-state index is 0.0682. The highest BCUT2D eigenvalue weighted by Crippen LogP contribution is 2.26. The van der Waals surface area contributed by atoms with Crippen LogP contribution in [0.2, 0.25) is 5.02 Å². The Morgan fingerprint density at radius 1 is 0.811 bits per heavy atom. The van der Waals surface area contributed by atoms with Gasteiger partial charge < -0.3 is 20.7 Å². The maximum Gasteiger partial charge on any atom is 0.142 e. The Balaban J connectivity index is 1.49. The van der Waals surface area contributed by atoms with Gasteiger partial charge in [0.25, 0.3) is 0 Å². The van der Waals surface area contributed by atoms with Crippen molar-refractivity contribution in [3.8, 4) is 5.75 Å². The lowest BCUT2D eigenvalue weighted by molar-refractivity contribution is 0.0566. The Morgan fingerprint density at radius 3 is 2.16 bits per heavy atom. The van der Waals surface area contributed by atoms with Crippen molar-refractivity contribution in [2.75, 3.05) is 18.9 Å². The normalized spacial score (nSPS) is 12.9. The summed E-state index contributed by atoms with van der Waals surface area (Å²) in [5, 5.41) is 22.0. The van der Waals surface area contributed by atoms with Gasteiger partial charge in [-0.15, -0.1) is 0 Å². The van der Waals surface area contributed by atoms with Gasteiger partial charge in [-0.1, -0.05) is 90.5 Å². The van der Waals surface area contributed by atoms with Crippen LogP contribution in [0.5, 0.6) is 5.75 Å². The van der Waals surface area contributed by atoms with Crippen molar-refractivity contribution >= 4 is 17.3 Å². The first-order valence-electron chi connectivity index (χ1n) is 12.4. The predicted octanol–water partition coefficient (Wildman–Crippen LogP) is 5.64. The first-order chi connectivity index (χ1) is 18.0. The maximum absolute atomic E-state index is 11.0. The van der Waals surface area contributed by atoms with E-state index in [1.165, 1.54) is 0 Å². The van der Waals surface area contributed by atoms with Crippen molar-refractivity contribution in [2.45, 2.75) is 31.7 Å². The van der Waals surface area contributed by atoms with Crippen molar-refractivity contribution in [3.05, 3.63) is 130 Å². The third-order valence-corrected chi connectivity index (χ3v) is 6.61. The second-order valence-electron chi connectivity index (χ2n) is 9.17. The molecule has 0 saturated heterocycles. The number of ether oxygens (including phenoxy) is 1. The number of aliphatic hydroxyl groups excluding tert-OH is 2. The van der Waals surface area contributed by atoms with Crippen LogP contribution in [-0.4, -0.2) is 34.3 Å². The molecule has 0 fully saturated rings. The number of nitrogens with zero attached hydrogens (tertiary/aromatic N) is 1. The lowest BCUT2D eigenvalue weighted by Gasteiger charge is -2.32. The Labute approximate surface area is 223 Å². The van der Waals surface area contributed by atoms with Gasteiger partial charge in [0.1, 0.15) is 12.4 Å². The second-order valence-corrected chi connectivity index (χ2v) is 9.61. The third-order valence-electron chi connectivity index (χ3n) is 6.38. The largest absolute Gasteiger partial charge is 0.487 e. The summed E-state index contributed by atoms with van der Waals surface area (Å²) in [5.74, 6) is 0.630.